The van der Waals surface area contributed by atoms with Gasteiger partial charge in [-0.05, 0) is 12.8 Å². The van der Waals surface area contributed by atoms with Gasteiger partial charge >= 0.3 is 0 Å². The Bertz CT molecular complexity index is 185. The van der Waals surface area contributed by atoms with Crippen LogP contribution in [0.2, 0.25) is 0 Å². The highest BCUT2D eigenvalue weighted by atomic mass is 15.0. The Kier molecular flexibility index (Phi) is 5.00. The first-order chi connectivity index (χ1) is 6.83. The Morgan fingerprint density at radius 2 is 1.86 bits per heavy atom. The van der Waals surface area contributed by atoms with Crippen LogP contribution in [0.5, 0.6) is 0 Å². The van der Waals surface area contributed by atoms with Gasteiger partial charge in [0.1, 0.15) is 0 Å². The fraction of sp³-hybridized carbons (Fsp3) is 0.833. The molecular weight excluding hydrogens is 172 g/mol. The molecule has 0 saturated heterocycles. The summed E-state index contributed by atoms with van der Waals surface area (Å²) in [6.07, 6.45) is 13.8. The van der Waals surface area contributed by atoms with Crippen molar-refractivity contribution < 1.29 is 0 Å². The number of nitrogens with one attached hydrogen (secondary N) is 1. The highest BCUT2D eigenvalue weighted by Crippen LogP contribution is 2.26. The number of hydrogen-bond donors (Lipinski definition) is 2. The Morgan fingerprint density at radius 1 is 1.21 bits per heavy atom. The van der Waals surface area contributed by atoms with E-state index in [1.54, 1.807) is 0 Å². The monoisotopic (exact) mass is 194 g/mol. The molecule has 2 heteroatoms. The summed E-state index contributed by atoms with van der Waals surface area (Å²) in [7, 11) is 0. The standard InChI is InChI=1S/C12H22N2/c1-2-3-10-14-12(11-13)8-6-4-5-7-9-12/h1,14H,3-11,13H2. The average molecular weight is 194 g/mol. The summed E-state index contributed by atoms with van der Waals surface area (Å²) < 4.78 is 0. The summed E-state index contributed by atoms with van der Waals surface area (Å²) in [5, 5.41) is 3.56. The van der Waals surface area contributed by atoms with E-state index >= 15 is 0 Å². The van der Waals surface area contributed by atoms with Crippen molar-refractivity contribution in [3.05, 3.63) is 0 Å². The number of terminal acetylenes is 1. The predicted octanol–water partition coefficient (Wildman–Crippen LogP) is 1.65. The van der Waals surface area contributed by atoms with Gasteiger partial charge in [0, 0.05) is 25.0 Å². The van der Waals surface area contributed by atoms with E-state index in [0.29, 0.717) is 0 Å². The van der Waals surface area contributed by atoms with Crippen LogP contribution in [0.4, 0.5) is 0 Å². The molecule has 3 N–H and O–H groups in total. The second kappa shape index (κ2) is 6.06. The molecule has 1 rings (SSSR count). The van der Waals surface area contributed by atoms with Gasteiger partial charge in [0.25, 0.3) is 0 Å². The van der Waals surface area contributed by atoms with Crippen molar-refractivity contribution in [3.8, 4) is 12.3 Å². The van der Waals surface area contributed by atoms with Crippen LogP contribution in [-0.4, -0.2) is 18.6 Å². The van der Waals surface area contributed by atoms with Crippen LogP contribution in [0.3, 0.4) is 0 Å². The summed E-state index contributed by atoms with van der Waals surface area (Å²) >= 11 is 0. The summed E-state index contributed by atoms with van der Waals surface area (Å²) in [5.74, 6) is 2.66. The van der Waals surface area contributed by atoms with Crippen molar-refractivity contribution in [2.45, 2.75) is 50.5 Å². The van der Waals surface area contributed by atoms with E-state index in [9.17, 15) is 0 Å². The van der Waals surface area contributed by atoms with E-state index < -0.39 is 0 Å². The van der Waals surface area contributed by atoms with E-state index in [1.165, 1.54) is 38.5 Å². The minimum atomic E-state index is 0.188. The molecule has 1 aliphatic rings. The van der Waals surface area contributed by atoms with E-state index in [-0.39, 0.29) is 5.54 Å². The van der Waals surface area contributed by atoms with Crippen LogP contribution in [0.1, 0.15) is 44.9 Å². The maximum atomic E-state index is 5.88. The maximum absolute atomic E-state index is 5.88. The van der Waals surface area contributed by atoms with Gasteiger partial charge in [0.2, 0.25) is 0 Å². The van der Waals surface area contributed by atoms with E-state index in [1.807, 2.05) is 0 Å². The molecule has 0 aromatic rings. The molecule has 80 valence electrons. The van der Waals surface area contributed by atoms with Crippen molar-refractivity contribution in [2.75, 3.05) is 13.1 Å². The molecule has 0 spiro atoms. The third kappa shape index (κ3) is 3.32. The molecule has 0 bridgehead atoms. The third-order valence-corrected chi connectivity index (χ3v) is 3.22. The fourth-order valence-corrected chi connectivity index (χ4v) is 2.26. The fourth-order valence-electron chi connectivity index (χ4n) is 2.26. The first-order valence-electron chi connectivity index (χ1n) is 5.71. The average Bonchev–Trinajstić information content (AvgIpc) is 2.45. The molecule has 0 aromatic heterocycles. The highest BCUT2D eigenvalue weighted by Gasteiger charge is 2.28. The SMILES string of the molecule is C#CCCNC1(CN)CCCCCC1. The smallest absolute Gasteiger partial charge is 0.0304 e. The van der Waals surface area contributed by atoms with Crippen LogP contribution in [0.15, 0.2) is 0 Å². The van der Waals surface area contributed by atoms with Crippen molar-refractivity contribution in [1.29, 1.82) is 0 Å². The number of rotatable bonds is 4. The van der Waals surface area contributed by atoms with E-state index in [4.69, 9.17) is 12.2 Å². The largest absolute Gasteiger partial charge is 0.329 e. The zero-order valence-corrected chi connectivity index (χ0v) is 9.02. The molecule has 2 nitrogen and oxygen atoms in total. The lowest BCUT2D eigenvalue weighted by molar-refractivity contribution is 0.296. The van der Waals surface area contributed by atoms with Crippen molar-refractivity contribution in [3.63, 3.8) is 0 Å². The highest BCUT2D eigenvalue weighted by molar-refractivity contribution is 4.93. The van der Waals surface area contributed by atoms with Crippen molar-refractivity contribution in [1.82, 2.24) is 5.32 Å². The van der Waals surface area contributed by atoms with Crippen LogP contribution >= 0.6 is 0 Å². The molecule has 14 heavy (non-hydrogen) atoms. The predicted molar refractivity (Wildman–Crippen MR) is 60.9 cm³/mol. The van der Waals surface area contributed by atoms with Gasteiger partial charge in [-0.2, -0.15) is 0 Å². The second-order valence-corrected chi connectivity index (χ2v) is 4.28. The normalized spacial score (nSPS) is 21.1. The lowest BCUT2D eigenvalue weighted by Crippen LogP contribution is -2.51. The number of hydrogen-bond acceptors (Lipinski definition) is 2. The molecule has 0 aliphatic heterocycles. The molecule has 0 amide bonds. The first kappa shape index (κ1) is 11.6. The Balaban J connectivity index is 2.41. The van der Waals surface area contributed by atoms with Crippen LogP contribution in [-0.2, 0) is 0 Å². The minimum absolute atomic E-state index is 0.188. The Morgan fingerprint density at radius 3 is 2.36 bits per heavy atom. The molecular formula is C12H22N2. The topological polar surface area (TPSA) is 38.0 Å². The molecule has 1 fully saturated rings. The molecule has 1 saturated carbocycles. The minimum Gasteiger partial charge on any atom is -0.329 e. The lowest BCUT2D eigenvalue weighted by atomic mass is 9.90. The van der Waals surface area contributed by atoms with Crippen molar-refractivity contribution in [2.24, 2.45) is 5.73 Å². The van der Waals surface area contributed by atoms with Gasteiger partial charge in [-0.25, -0.2) is 0 Å². The Hall–Kier alpha value is -0.520. The summed E-state index contributed by atoms with van der Waals surface area (Å²) in [4.78, 5) is 0. The lowest BCUT2D eigenvalue weighted by Gasteiger charge is -2.32. The summed E-state index contributed by atoms with van der Waals surface area (Å²) in [6, 6.07) is 0. The molecule has 0 aromatic carbocycles. The van der Waals surface area contributed by atoms with Gasteiger partial charge in [0.05, 0.1) is 0 Å². The van der Waals surface area contributed by atoms with E-state index in [2.05, 4.69) is 11.2 Å². The molecule has 1 aliphatic carbocycles. The Labute approximate surface area is 87.6 Å². The third-order valence-electron chi connectivity index (χ3n) is 3.22. The van der Waals surface area contributed by atoms with Gasteiger partial charge in [-0.15, -0.1) is 12.3 Å². The summed E-state index contributed by atoms with van der Waals surface area (Å²) in [5.41, 5.74) is 6.06. The van der Waals surface area contributed by atoms with Crippen LogP contribution < -0.4 is 11.1 Å². The zero-order chi connectivity index (χ0) is 10.3. The van der Waals surface area contributed by atoms with Gasteiger partial charge in [-0.3, -0.25) is 0 Å². The molecule has 0 heterocycles. The maximum Gasteiger partial charge on any atom is 0.0304 e. The first-order valence-corrected chi connectivity index (χ1v) is 5.71. The zero-order valence-electron chi connectivity index (χ0n) is 9.02. The van der Waals surface area contributed by atoms with Crippen LogP contribution in [0, 0.1) is 12.3 Å². The summed E-state index contributed by atoms with van der Waals surface area (Å²) in [6.45, 7) is 1.66. The molecule has 0 unspecified atom stereocenters. The number of nitrogens with two attached hydrogens (primary N) is 1. The molecule has 0 atom stereocenters. The van der Waals surface area contributed by atoms with Gasteiger partial charge in [-0.1, -0.05) is 25.7 Å². The second-order valence-electron chi connectivity index (χ2n) is 4.28. The van der Waals surface area contributed by atoms with Gasteiger partial charge < -0.3 is 11.1 Å². The van der Waals surface area contributed by atoms with Crippen molar-refractivity contribution >= 4 is 0 Å². The quantitative estimate of drug-likeness (QED) is 0.406. The van der Waals surface area contributed by atoms with Crippen LogP contribution in [0.25, 0.3) is 0 Å². The molecule has 0 radical (unpaired) electrons. The van der Waals surface area contributed by atoms with E-state index in [0.717, 1.165) is 19.5 Å². The van der Waals surface area contributed by atoms with Gasteiger partial charge in [0.15, 0.2) is 0 Å².